The van der Waals surface area contributed by atoms with Gasteiger partial charge in [-0.15, -0.1) is 0 Å². The Bertz CT molecular complexity index is 311. The van der Waals surface area contributed by atoms with Gasteiger partial charge in [-0.05, 0) is 55.5 Å². The van der Waals surface area contributed by atoms with Gasteiger partial charge < -0.3 is 0 Å². The minimum Gasteiger partial charge on any atom is -0.0876 e. The highest BCUT2D eigenvalue weighted by Gasteiger charge is 2.11. The van der Waals surface area contributed by atoms with Crippen LogP contribution in [0.25, 0.3) is 0 Å². The van der Waals surface area contributed by atoms with Crippen LogP contribution in [0.4, 0.5) is 0 Å². The number of hydrogen-bond donors (Lipinski definition) is 0. The fourth-order valence-electron chi connectivity index (χ4n) is 1.54. The van der Waals surface area contributed by atoms with E-state index in [0.29, 0.717) is 0 Å². The molecule has 0 saturated carbocycles. The van der Waals surface area contributed by atoms with Gasteiger partial charge in [0.15, 0.2) is 0 Å². The molecular weight excluding hydrogens is 292 g/mol. The van der Waals surface area contributed by atoms with Crippen LogP contribution in [0.1, 0.15) is 27.8 Å². The fourth-order valence-corrected chi connectivity index (χ4v) is 2.98. The molecule has 0 radical (unpaired) electrons. The third kappa shape index (κ3) is 1.84. The molecule has 72 valence electrons. The Morgan fingerprint density at radius 1 is 0.846 bits per heavy atom. The maximum absolute atomic E-state index is 3.63. The average Bonchev–Trinajstić information content (AvgIpc) is 2.13. The summed E-state index contributed by atoms with van der Waals surface area (Å²) in [6, 6.07) is 0. The van der Waals surface area contributed by atoms with Gasteiger partial charge in [0.2, 0.25) is 0 Å². The molecule has 0 N–H and O–H groups in total. The first-order chi connectivity index (χ1) is 6.00. The Balaban J connectivity index is 3.56. The predicted octanol–water partition coefficient (Wildman–Crippen LogP) is 4.58. The number of benzene rings is 1. The van der Waals surface area contributed by atoms with E-state index >= 15 is 0 Å². The Morgan fingerprint density at radius 2 is 1.23 bits per heavy atom. The fraction of sp³-hybridized carbons (Fsp3) is 0.455. The minimum absolute atomic E-state index is 0.944. The molecule has 0 nitrogen and oxygen atoms in total. The molecule has 13 heavy (non-hydrogen) atoms. The number of alkyl halides is 1. The first-order valence-corrected chi connectivity index (χ1v) is 6.22. The number of rotatable bonds is 1. The largest absolute Gasteiger partial charge is 0.0876 e. The summed E-state index contributed by atoms with van der Waals surface area (Å²) >= 11 is 7.17. The highest BCUT2D eigenvalue weighted by Crippen LogP contribution is 2.31. The van der Waals surface area contributed by atoms with Crippen molar-refractivity contribution in [3.05, 3.63) is 32.3 Å². The molecule has 1 rings (SSSR count). The lowest BCUT2D eigenvalue weighted by Crippen LogP contribution is -1.98. The SMILES string of the molecule is Cc1c(C)c(CBr)c(C)c(C)c1Br. The lowest BCUT2D eigenvalue weighted by molar-refractivity contribution is 1.15. The Morgan fingerprint density at radius 3 is 1.54 bits per heavy atom. The number of halogens is 2. The zero-order chi connectivity index (χ0) is 10.2. The van der Waals surface area contributed by atoms with Crippen LogP contribution in [0.5, 0.6) is 0 Å². The molecule has 0 bridgehead atoms. The van der Waals surface area contributed by atoms with Gasteiger partial charge in [0.1, 0.15) is 0 Å². The lowest BCUT2D eigenvalue weighted by atomic mass is 9.95. The summed E-state index contributed by atoms with van der Waals surface area (Å²) in [5.41, 5.74) is 6.94. The van der Waals surface area contributed by atoms with Crippen molar-refractivity contribution in [2.24, 2.45) is 0 Å². The van der Waals surface area contributed by atoms with Crippen LogP contribution in [-0.4, -0.2) is 0 Å². The van der Waals surface area contributed by atoms with Crippen LogP contribution in [-0.2, 0) is 5.33 Å². The molecule has 0 atom stereocenters. The molecule has 2 heteroatoms. The van der Waals surface area contributed by atoms with Crippen LogP contribution in [0.2, 0.25) is 0 Å². The topological polar surface area (TPSA) is 0 Å². The maximum atomic E-state index is 3.63. The van der Waals surface area contributed by atoms with Gasteiger partial charge in [-0.25, -0.2) is 0 Å². The second-order valence-corrected chi connectivity index (χ2v) is 4.78. The summed E-state index contributed by atoms with van der Waals surface area (Å²) in [4.78, 5) is 0. The molecule has 0 amide bonds. The van der Waals surface area contributed by atoms with Gasteiger partial charge in [-0.1, -0.05) is 31.9 Å². The molecular formula is C11H14Br2. The molecule has 0 spiro atoms. The monoisotopic (exact) mass is 304 g/mol. The van der Waals surface area contributed by atoms with E-state index in [1.54, 1.807) is 0 Å². The van der Waals surface area contributed by atoms with Gasteiger partial charge in [0, 0.05) is 9.80 Å². The van der Waals surface area contributed by atoms with E-state index in [2.05, 4.69) is 59.6 Å². The van der Waals surface area contributed by atoms with Crippen molar-refractivity contribution >= 4 is 31.9 Å². The summed E-state index contributed by atoms with van der Waals surface area (Å²) in [6.07, 6.45) is 0. The Labute approximate surface area is 97.0 Å². The summed E-state index contributed by atoms with van der Waals surface area (Å²) in [5, 5.41) is 0.944. The van der Waals surface area contributed by atoms with E-state index in [0.717, 1.165) is 5.33 Å². The first-order valence-electron chi connectivity index (χ1n) is 4.31. The third-order valence-corrected chi connectivity index (χ3v) is 4.57. The van der Waals surface area contributed by atoms with Crippen molar-refractivity contribution in [3.8, 4) is 0 Å². The van der Waals surface area contributed by atoms with E-state index < -0.39 is 0 Å². The summed E-state index contributed by atoms with van der Waals surface area (Å²) in [5.74, 6) is 0. The zero-order valence-corrected chi connectivity index (χ0v) is 11.6. The highest BCUT2D eigenvalue weighted by atomic mass is 79.9. The van der Waals surface area contributed by atoms with Crippen LogP contribution < -0.4 is 0 Å². The Hall–Kier alpha value is 0.180. The molecule has 1 aromatic carbocycles. The Kier molecular flexibility index (Phi) is 3.58. The van der Waals surface area contributed by atoms with Crippen LogP contribution in [0, 0.1) is 27.7 Å². The molecule has 0 saturated heterocycles. The van der Waals surface area contributed by atoms with E-state index in [1.165, 1.54) is 32.3 Å². The van der Waals surface area contributed by atoms with Crippen molar-refractivity contribution in [3.63, 3.8) is 0 Å². The minimum atomic E-state index is 0.944. The van der Waals surface area contributed by atoms with Gasteiger partial charge >= 0.3 is 0 Å². The molecule has 0 aliphatic rings. The van der Waals surface area contributed by atoms with Crippen LogP contribution in [0.15, 0.2) is 4.47 Å². The second-order valence-electron chi connectivity index (χ2n) is 3.43. The van der Waals surface area contributed by atoms with Gasteiger partial charge in [0.25, 0.3) is 0 Å². The molecule has 0 aliphatic carbocycles. The standard InChI is InChI=1S/C11H14Br2/c1-6-8(3)11(13)9(4)7(2)10(6)5-12/h5H2,1-4H3. The van der Waals surface area contributed by atoms with Gasteiger partial charge in [-0.3, -0.25) is 0 Å². The van der Waals surface area contributed by atoms with Crippen molar-refractivity contribution in [2.75, 3.05) is 0 Å². The maximum Gasteiger partial charge on any atom is 0.0288 e. The summed E-state index contributed by atoms with van der Waals surface area (Å²) < 4.78 is 1.26. The van der Waals surface area contributed by atoms with Crippen molar-refractivity contribution < 1.29 is 0 Å². The van der Waals surface area contributed by atoms with Crippen molar-refractivity contribution in [1.29, 1.82) is 0 Å². The van der Waals surface area contributed by atoms with E-state index in [9.17, 15) is 0 Å². The molecule has 0 unspecified atom stereocenters. The number of hydrogen-bond acceptors (Lipinski definition) is 0. The normalized spacial score (nSPS) is 10.6. The average molecular weight is 306 g/mol. The van der Waals surface area contributed by atoms with E-state index in [1.807, 2.05) is 0 Å². The van der Waals surface area contributed by atoms with Crippen LogP contribution in [0.3, 0.4) is 0 Å². The smallest absolute Gasteiger partial charge is 0.0288 e. The summed E-state index contributed by atoms with van der Waals surface area (Å²) in [7, 11) is 0. The van der Waals surface area contributed by atoms with Crippen molar-refractivity contribution in [2.45, 2.75) is 33.0 Å². The molecule has 1 aromatic rings. The van der Waals surface area contributed by atoms with E-state index in [-0.39, 0.29) is 0 Å². The molecule has 0 aliphatic heterocycles. The zero-order valence-electron chi connectivity index (χ0n) is 8.46. The van der Waals surface area contributed by atoms with Crippen molar-refractivity contribution in [1.82, 2.24) is 0 Å². The van der Waals surface area contributed by atoms with Crippen LogP contribution >= 0.6 is 31.9 Å². The van der Waals surface area contributed by atoms with E-state index in [4.69, 9.17) is 0 Å². The quantitative estimate of drug-likeness (QED) is 0.666. The summed E-state index contributed by atoms with van der Waals surface area (Å²) in [6.45, 7) is 8.70. The predicted molar refractivity (Wildman–Crippen MR) is 65.7 cm³/mol. The lowest BCUT2D eigenvalue weighted by Gasteiger charge is -2.15. The first kappa shape index (κ1) is 11.3. The molecule has 0 fully saturated rings. The highest BCUT2D eigenvalue weighted by molar-refractivity contribution is 9.10. The molecule has 0 aromatic heterocycles. The van der Waals surface area contributed by atoms with Gasteiger partial charge in [-0.2, -0.15) is 0 Å². The third-order valence-electron chi connectivity index (χ3n) is 2.82. The second kappa shape index (κ2) is 4.14. The molecule has 0 heterocycles. The van der Waals surface area contributed by atoms with Gasteiger partial charge in [0.05, 0.1) is 0 Å².